The zero-order chi connectivity index (χ0) is 44.0. The van der Waals surface area contributed by atoms with Crippen molar-refractivity contribution in [3.05, 3.63) is 35.4 Å². The minimum Gasteiger partial charge on any atom is -0.378 e. The summed E-state index contributed by atoms with van der Waals surface area (Å²) in [6.45, 7) is 12.1. The van der Waals surface area contributed by atoms with Gasteiger partial charge in [-0.3, -0.25) is 33.6 Å². The minimum atomic E-state index is -0.974. The molecule has 17 nitrogen and oxygen atoms in total. The second-order valence-corrected chi connectivity index (χ2v) is 16.9. The number of rotatable bonds is 27. The lowest BCUT2D eigenvalue weighted by Crippen LogP contribution is -2.55. The van der Waals surface area contributed by atoms with Crippen molar-refractivity contribution in [1.29, 1.82) is 0 Å². The fraction of sp³-hybridized carbons (Fsp3) is 0.683. The number of Topliss-reactive ketones (excluding diaryl/α,β-unsaturated/α-hetero) is 1. The number of carbonyl (C=O) groups excluding carboxylic acids is 7. The molecule has 1 aromatic rings. The third-order valence-corrected chi connectivity index (χ3v) is 10.1. The van der Waals surface area contributed by atoms with Gasteiger partial charge in [-0.15, -0.1) is 0 Å². The van der Waals surface area contributed by atoms with Crippen molar-refractivity contribution in [2.24, 2.45) is 17.1 Å². The molecule has 1 aliphatic rings. The number of nitrogens with two attached hydrogens (primary N) is 1. The van der Waals surface area contributed by atoms with Crippen LogP contribution in [-0.4, -0.2) is 148 Å². The van der Waals surface area contributed by atoms with E-state index in [9.17, 15) is 33.6 Å². The molecule has 0 aromatic heterocycles. The van der Waals surface area contributed by atoms with Crippen LogP contribution >= 0.6 is 11.8 Å². The Morgan fingerprint density at radius 3 is 2.14 bits per heavy atom. The highest BCUT2D eigenvalue weighted by Gasteiger charge is 2.36. The summed E-state index contributed by atoms with van der Waals surface area (Å²) in [7, 11) is 0. The van der Waals surface area contributed by atoms with Gasteiger partial charge in [0.05, 0.1) is 33.0 Å². The Labute approximate surface area is 353 Å². The predicted octanol–water partition coefficient (Wildman–Crippen LogP) is 0.573. The van der Waals surface area contributed by atoms with E-state index in [2.05, 4.69) is 26.6 Å². The van der Waals surface area contributed by atoms with Crippen LogP contribution < -0.4 is 32.3 Å². The van der Waals surface area contributed by atoms with Crippen LogP contribution in [0.2, 0.25) is 0 Å². The van der Waals surface area contributed by atoms with Gasteiger partial charge in [-0.1, -0.05) is 58.9 Å². The van der Waals surface area contributed by atoms with Crippen molar-refractivity contribution in [1.82, 2.24) is 31.5 Å². The van der Waals surface area contributed by atoms with Crippen LogP contribution in [0.15, 0.2) is 24.3 Å². The summed E-state index contributed by atoms with van der Waals surface area (Å²) in [6.07, 6.45) is 3.43. The Morgan fingerprint density at radius 1 is 0.847 bits per heavy atom. The second-order valence-electron chi connectivity index (χ2n) is 16.0. The van der Waals surface area contributed by atoms with Crippen LogP contribution in [0.4, 0.5) is 0 Å². The van der Waals surface area contributed by atoms with E-state index in [0.29, 0.717) is 50.1 Å². The maximum Gasteiger partial charge on any atom is 0.249 e. The van der Waals surface area contributed by atoms with Crippen LogP contribution in [0.5, 0.6) is 0 Å². The molecule has 59 heavy (non-hydrogen) atoms. The first-order valence-corrected chi connectivity index (χ1v) is 21.6. The van der Waals surface area contributed by atoms with E-state index in [0.717, 1.165) is 5.75 Å². The Morgan fingerprint density at radius 2 is 1.51 bits per heavy atom. The van der Waals surface area contributed by atoms with Gasteiger partial charge >= 0.3 is 0 Å². The molecule has 4 atom stereocenters. The average molecular weight is 850 g/mol. The molecule has 18 heteroatoms. The van der Waals surface area contributed by atoms with E-state index in [1.807, 2.05) is 40.9 Å². The molecule has 7 N–H and O–H groups in total. The normalized spacial score (nSPS) is 15.5. The topological polar surface area (TPSA) is 237 Å². The van der Waals surface area contributed by atoms with Gasteiger partial charge in [-0.2, -0.15) is 11.8 Å². The number of thioether (sulfide) groups is 1. The van der Waals surface area contributed by atoms with Crippen molar-refractivity contribution >= 4 is 53.0 Å². The molecule has 1 aliphatic heterocycles. The fourth-order valence-corrected chi connectivity index (χ4v) is 7.07. The molecule has 0 radical (unpaired) electrons. The molecule has 1 saturated heterocycles. The zero-order valence-corrected chi connectivity index (χ0v) is 36.6. The van der Waals surface area contributed by atoms with Gasteiger partial charge in [0.2, 0.25) is 35.4 Å². The summed E-state index contributed by atoms with van der Waals surface area (Å²) in [5.41, 5.74) is 6.45. The van der Waals surface area contributed by atoms with Crippen molar-refractivity contribution in [3.8, 4) is 0 Å². The number of ether oxygens (including phenoxy) is 3. The lowest BCUT2D eigenvalue weighted by Gasteiger charge is -2.31. The third kappa shape index (κ3) is 19.7. The summed E-state index contributed by atoms with van der Waals surface area (Å²) in [5, 5.41) is 13.9. The van der Waals surface area contributed by atoms with Gasteiger partial charge < -0.3 is 51.4 Å². The van der Waals surface area contributed by atoms with Gasteiger partial charge in [-0.25, -0.2) is 0 Å². The SMILES string of the molecule is CSC[C@H](NC(=O)CNC(=O)[C@H](CC(C)C)NC(=O)[C@@H]1CCCN1C(=O)COCCNC(=O)[C@H](Cc1ccc(C(C)=O)cc1)NC(=O)COCCOCCN)C(C)(C)C. The van der Waals surface area contributed by atoms with Gasteiger partial charge in [-0.05, 0) is 49.3 Å². The number of nitrogens with one attached hydrogen (secondary N) is 5. The van der Waals surface area contributed by atoms with Crippen LogP contribution in [0.25, 0.3) is 0 Å². The van der Waals surface area contributed by atoms with Crippen molar-refractivity contribution in [3.63, 3.8) is 0 Å². The highest BCUT2D eigenvalue weighted by Crippen LogP contribution is 2.22. The van der Waals surface area contributed by atoms with Crippen molar-refractivity contribution in [2.45, 2.75) is 91.4 Å². The lowest BCUT2D eigenvalue weighted by molar-refractivity contribution is -0.142. The van der Waals surface area contributed by atoms with E-state index in [1.165, 1.54) is 11.8 Å². The predicted molar refractivity (Wildman–Crippen MR) is 226 cm³/mol. The number of benzene rings is 1. The Kier molecular flexibility index (Phi) is 23.3. The minimum absolute atomic E-state index is 0.0269. The summed E-state index contributed by atoms with van der Waals surface area (Å²) >= 11 is 1.62. The molecular weight excluding hydrogens is 783 g/mol. The molecule has 1 aromatic carbocycles. The van der Waals surface area contributed by atoms with Crippen molar-refractivity contribution in [2.75, 3.05) is 77.8 Å². The van der Waals surface area contributed by atoms with Crippen molar-refractivity contribution < 1.29 is 47.8 Å². The number of carbonyl (C=O) groups is 7. The number of hydrogen-bond donors (Lipinski definition) is 6. The van der Waals surface area contributed by atoms with Crippen LogP contribution in [-0.2, 0) is 49.4 Å². The molecule has 0 aliphatic carbocycles. The summed E-state index contributed by atoms with van der Waals surface area (Å²) in [5.74, 6) is -2.00. The van der Waals surface area contributed by atoms with Crippen LogP contribution in [0.1, 0.15) is 76.7 Å². The molecule has 0 saturated carbocycles. The van der Waals surface area contributed by atoms with E-state index < -0.39 is 47.7 Å². The smallest absolute Gasteiger partial charge is 0.249 e. The highest BCUT2D eigenvalue weighted by atomic mass is 32.2. The fourth-order valence-electron chi connectivity index (χ4n) is 6.16. The molecule has 0 bridgehead atoms. The largest absolute Gasteiger partial charge is 0.378 e. The average Bonchev–Trinajstić information content (AvgIpc) is 3.68. The van der Waals surface area contributed by atoms with Gasteiger partial charge in [0, 0.05) is 43.4 Å². The van der Waals surface area contributed by atoms with Gasteiger partial charge in [0.25, 0.3) is 0 Å². The van der Waals surface area contributed by atoms with Crippen LogP contribution in [0, 0.1) is 11.3 Å². The Bertz CT molecular complexity index is 1520. The molecule has 2 rings (SSSR count). The quantitative estimate of drug-likeness (QED) is 0.0527. The molecule has 0 spiro atoms. The molecular formula is C41H67N7O10S. The molecule has 1 heterocycles. The molecule has 0 unspecified atom stereocenters. The highest BCUT2D eigenvalue weighted by molar-refractivity contribution is 7.98. The summed E-state index contributed by atoms with van der Waals surface area (Å²) in [6, 6.07) is 3.96. The number of amides is 6. The van der Waals surface area contributed by atoms with Gasteiger partial charge in [0.1, 0.15) is 31.3 Å². The standard InChI is InChI=1S/C41H67N7O10S/c1-27(2)21-31(39(54)44-23-35(50)47-34(26-59-7)41(4,5)6)46-40(55)33-9-8-16-48(33)37(52)25-57-18-15-43-38(53)32(22-29-10-12-30(13-11-29)28(3)49)45-36(51)24-58-20-19-56-17-14-42/h10-13,27,31-34H,8-9,14-26,42H2,1-7H3,(H,43,53)(H,44,54)(H,45,51)(H,46,55)(H,47,50)/t31-,32-,33-,34-/m0/s1. The molecule has 6 amide bonds. The van der Waals surface area contributed by atoms with E-state index in [4.69, 9.17) is 19.9 Å². The summed E-state index contributed by atoms with van der Waals surface area (Å²) in [4.78, 5) is 91.7. The maximum atomic E-state index is 13.5. The first-order valence-electron chi connectivity index (χ1n) is 20.2. The molecule has 332 valence electrons. The maximum absolute atomic E-state index is 13.5. The van der Waals surface area contributed by atoms with E-state index in [1.54, 1.807) is 36.0 Å². The lowest BCUT2D eigenvalue weighted by atomic mass is 9.88. The zero-order valence-electron chi connectivity index (χ0n) is 35.8. The first-order chi connectivity index (χ1) is 28.0. The van der Waals surface area contributed by atoms with Crippen LogP contribution in [0.3, 0.4) is 0 Å². The number of likely N-dealkylation sites (tertiary alicyclic amines) is 1. The number of nitrogens with zero attached hydrogens (tertiary/aromatic N) is 1. The Hall–Kier alpha value is -4.10. The number of hydrogen-bond acceptors (Lipinski definition) is 12. The Balaban J connectivity index is 1.91. The first kappa shape index (κ1) is 51.0. The number of ketones is 1. The van der Waals surface area contributed by atoms with E-state index in [-0.39, 0.29) is 81.6 Å². The summed E-state index contributed by atoms with van der Waals surface area (Å²) < 4.78 is 16.2. The monoisotopic (exact) mass is 849 g/mol. The van der Waals surface area contributed by atoms with E-state index >= 15 is 0 Å². The van der Waals surface area contributed by atoms with Gasteiger partial charge in [0.15, 0.2) is 5.78 Å². The third-order valence-electron chi connectivity index (χ3n) is 9.44. The second kappa shape index (κ2) is 26.9. The molecule has 1 fully saturated rings.